The first-order chi connectivity index (χ1) is 13.5. The van der Waals surface area contributed by atoms with Gasteiger partial charge in [-0.25, -0.2) is 0 Å². The standard InChI is InChI=1S/C20H24N8/c1-5-26-19(17-6-7-20-23-22-13(4)28(20)25-17)9-18(24-26)16-8-15(16)14-10-21-27(11-14)12(2)3/h6-7,9-12,15-16H,5,8H2,1-4H3. The highest BCUT2D eigenvalue weighted by atomic mass is 15.4. The summed E-state index contributed by atoms with van der Waals surface area (Å²) in [6.07, 6.45) is 5.31. The van der Waals surface area contributed by atoms with Crippen LogP contribution >= 0.6 is 0 Å². The third-order valence-electron chi connectivity index (χ3n) is 5.53. The molecule has 4 heterocycles. The molecule has 144 valence electrons. The molecule has 0 bridgehead atoms. The van der Waals surface area contributed by atoms with Crippen molar-refractivity contribution in [1.82, 2.24) is 39.4 Å². The van der Waals surface area contributed by atoms with Crippen molar-refractivity contribution in [1.29, 1.82) is 0 Å². The number of aromatic nitrogens is 8. The third-order valence-corrected chi connectivity index (χ3v) is 5.53. The first kappa shape index (κ1) is 17.1. The quantitative estimate of drug-likeness (QED) is 0.534. The van der Waals surface area contributed by atoms with E-state index in [1.807, 2.05) is 34.6 Å². The van der Waals surface area contributed by atoms with Crippen molar-refractivity contribution in [2.45, 2.75) is 58.5 Å². The first-order valence-corrected chi connectivity index (χ1v) is 9.86. The zero-order chi connectivity index (χ0) is 19.4. The largest absolute Gasteiger partial charge is 0.270 e. The molecule has 8 nitrogen and oxygen atoms in total. The summed E-state index contributed by atoms with van der Waals surface area (Å²) in [7, 11) is 0. The van der Waals surface area contributed by atoms with Crippen molar-refractivity contribution in [2.75, 3.05) is 0 Å². The van der Waals surface area contributed by atoms with Crippen LogP contribution < -0.4 is 0 Å². The maximum absolute atomic E-state index is 4.88. The maximum atomic E-state index is 4.88. The molecule has 28 heavy (non-hydrogen) atoms. The van der Waals surface area contributed by atoms with Crippen LogP contribution in [-0.4, -0.2) is 39.4 Å². The van der Waals surface area contributed by atoms with Gasteiger partial charge in [-0.1, -0.05) is 0 Å². The Balaban J connectivity index is 1.46. The Morgan fingerprint density at radius 1 is 1.14 bits per heavy atom. The smallest absolute Gasteiger partial charge is 0.177 e. The zero-order valence-electron chi connectivity index (χ0n) is 16.6. The van der Waals surface area contributed by atoms with Gasteiger partial charge in [-0.2, -0.15) is 19.8 Å². The van der Waals surface area contributed by atoms with Crippen molar-refractivity contribution < 1.29 is 0 Å². The van der Waals surface area contributed by atoms with Crippen LogP contribution in [0.3, 0.4) is 0 Å². The van der Waals surface area contributed by atoms with Gasteiger partial charge in [0.25, 0.3) is 0 Å². The molecule has 0 aromatic carbocycles. The lowest BCUT2D eigenvalue weighted by Crippen LogP contribution is -2.03. The van der Waals surface area contributed by atoms with Crippen LogP contribution in [0.4, 0.5) is 0 Å². The second kappa shape index (κ2) is 6.25. The zero-order valence-corrected chi connectivity index (χ0v) is 16.6. The van der Waals surface area contributed by atoms with E-state index in [0.29, 0.717) is 17.9 Å². The summed E-state index contributed by atoms with van der Waals surface area (Å²) < 4.78 is 5.85. The fourth-order valence-corrected chi connectivity index (χ4v) is 3.81. The van der Waals surface area contributed by atoms with Crippen LogP contribution in [0, 0.1) is 6.92 Å². The molecule has 2 unspecified atom stereocenters. The average Bonchev–Trinajstić information content (AvgIpc) is 3.06. The third kappa shape index (κ3) is 2.71. The van der Waals surface area contributed by atoms with Crippen LogP contribution in [0.15, 0.2) is 30.6 Å². The van der Waals surface area contributed by atoms with E-state index in [1.165, 1.54) is 5.56 Å². The maximum Gasteiger partial charge on any atom is 0.177 e. The van der Waals surface area contributed by atoms with E-state index in [2.05, 4.69) is 48.3 Å². The lowest BCUT2D eigenvalue weighted by atomic mass is 10.1. The fraction of sp³-hybridized carbons (Fsp3) is 0.450. The molecule has 8 heteroatoms. The monoisotopic (exact) mass is 376 g/mol. The van der Waals surface area contributed by atoms with Crippen LogP contribution in [0.1, 0.15) is 62.2 Å². The van der Waals surface area contributed by atoms with Gasteiger partial charge in [-0.15, -0.1) is 10.2 Å². The van der Waals surface area contributed by atoms with Gasteiger partial charge in [-0.3, -0.25) is 9.36 Å². The van der Waals surface area contributed by atoms with Crippen molar-refractivity contribution >= 4 is 5.65 Å². The summed E-state index contributed by atoms with van der Waals surface area (Å²) in [6, 6.07) is 6.52. The molecule has 0 radical (unpaired) electrons. The van der Waals surface area contributed by atoms with E-state index in [9.17, 15) is 0 Å². The minimum atomic E-state index is 0.388. The molecule has 0 N–H and O–H groups in total. The Morgan fingerprint density at radius 3 is 2.75 bits per heavy atom. The van der Waals surface area contributed by atoms with Gasteiger partial charge in [0.15, 0.2) is 11.5 Å². The van der Waals surface area contributed by atoms with Crippen LogP contribution in [0.25, 0.3) is 17.0 Å². The molecule has 1 aliphatic carbocycles. The number of rotatable bonds is 5. The van der Waals surface area contributed by atoms with E-state index >= 15 is 0 Å². The molecule has 0 amide bonds. The Bertz CT molecular complexity index is 1150. The number of hydrogen-bond acceptors (Lipinski definition) is 5. The molecule has 4 aromatic heterocycles. The Morgan fingerprint density at radius 2 is 2.00 bits per heavy atom. The summed E-state index contributed by atoms with van der Waals surface area (Å²) in [5.41, 5.74) is 5.14. The molecular formula is C20H24N8. The molecule has 2 atom stereocenters. The van der Waals surface area contributed by atoms with Gasteiger partial charge in [0.05, 0.1) is 17.6 Å². The minimum Gasteiger partial charge on any atom is -0.270 e. The van der Waals surface area contributed by atoms with E-state index in [-0.39, 0.29) is 0 Å². The van der Waals surface area contributed by atoms with Crippen molar-refractivity contribution in [3.8, 4) is 11.4 Å². The predicted molar refractivity (Wildman–Crippen MR) is 105 cm³/mol. The lowest BCUT2D eigenvalue weighted by Gasteiger charge is -2.04. The number of fused-ring (bicyclic) bond motifs is 1. The minimum absolute atomic E-state index is 0.388. The molecule has 1 aliphatic rings. The van der Waals surface area contributed by atoms with Gasteiger partial charge in [-0.05, 0) is 63.8 Å². The average molecular weight is 376 g/mol. The SMILES string of the molecule is CCn1nc(C2CC2c2cnn(C(C)C)c2)cc1-c1ccc2nnc(C)n2n1. The van der Waals surface area contributed by atoms with E-state index in [1.54, 1.807) is 4.52 Å². The summed E-state index contributed by atoms with van der Waals surface area (Å²) in [6.45, 7) is 9.12. The van der Waals surface area contributed by atoms with Crippen molar-refractivity contribution in [3.63, 3.8) is 0 Å². The highest BCUT2D eigenvalue weighted by Crippen LogP contribution is 2.54. The molecular weight excluding hydrogens is 352 g/mol. The molecule has 1 fully saturated rings. The van der Waals surface area contributed by atoms with Crippen LogP contribution in [0.2, 0.25) is 0 Å². The molecule has 0 saturated heterocycles. The predicted octanol–water partition coefficient (Wildman–Crippen LogP) is 3.36. The van der Waals surface area contributed by atoms with Crippen LogP contribution in [0.5, 0.6) is 0 Å². The summed E-state index contributed by atoms with van der Waals surface area (Å²) >= 11 is 0. The van der Waals surface area contributed by atoms with E-state index in [4.69, 9.17) is 10.2 Å². The van der Waals surface area contributed by atoms with Gasteiger partial charge >= 0.3 is 0 Å². The summed E-state index contributed by atoms with van der Waals surface area (Å²) in [5, 5.41) is 22.3. The first-order valence-electron chi connectivity index (χ1n) is 9.86. The topological polar surface area (TPSA) is 78.7 Å². The lowest BCUT2D eigenvalue weighted by molar-refractivity contribution is 0.532. The Hall–Kier alpha value is -3.03. The Labute approximate surface area is 163 Å². The van der Waals surface area contributed by atoms with E-state index < -0.39 is 0 Å². The van der Waals surface area contributed by atoms with Gasteiger partial charge < -0.3 is 0 Å². The number of nitrogens with zero attached hydrogens (tertiary/aromatic N) is 8. The number of hydrogen-bond donors (Lipinski definition) is 0. The molecule has 4 aromatic rings. The summed E-state index contributed by atoms with van der Waals surface area (Å²) in [4.78, 5) is 0. The molecule has 0 spiro atoms. The van der Waals surface area contributed by atoms with E-state index in [0.717, 1.165) is 41.5 Å². The fourth-order valence-electron chi connectivity index (χ4n) is 3.81. The van der Waals surface area contributed by atoms with Crippen LogP contribution in [-0.2, 0) is 6.54 Å². The van der Waals surface area contributed by atoms with Crippen molar-refractivity contribution in [3.05, 3.63) is 47.7 Å². The molecule has 5 rings (SSSR count). The van der Waals surface area contributed by atoms with Crippen molar-refractivity contribution in [2.24, 2.45) is 0 Å². The molecule has 0 aliphatic heterocycles. The van der Waals surface area contributed by atoms with Gasteiger partial charge in [0, 0.05) is 24.7 Å². The Kier molecular flexibility index (Phi) is 3.82. The van der Waals surface area contributed by atoms with Gasteiger partial charge in [0.1, 0.15) is 5.69 Å². The number of aryl methyl sites for hydroxylation is 2. The molecule has 1 saturated carbocycles. The normalized spacial score (nSPS) is 19.0. The second-order valence-electron chi connectivity index (χ2n) is 7.80. The highest BCUT2D eigenvalue weighted by Gasteiger charge is 2.42. The second-order valence-corrected chi connectivity index (χ2v) is 7.80. The van der Waals surface area contributed by atoms with Gasteiger partial charge in [0.2, 0.25) is 0 Å². The summed E-state index contributed by atoms with van der Waals surface area (Å²) in [5.74, 6) is 1.75. The highest BCUT2D eigenvalue weighted by molar-refractivity contribution is 5.57.